The van der Waals surface area contributed by atoms with E-state index in [1.807, 2.05) is 38.1 Å². The second-order valence-electron chi connectivity index (χ2n) is 4.44. The summed E-state index contributed by atoms with van der Waals surface area (Å²) in [6.45, 7) is 3.88. The number of fused-ring (bicyclic) bond motifs is 1. The molecule has 0 saturated carbocycles. The molecule has 0 aliphatic carbocycles. The Morgan fingerprint density at radius 3 is 2.89 bits per heavy atom. The highest BCUT2D eigenvalue weighted by Gasteiger charge is 2.11. The van der Waals surface area contributed by atoms with Crippen LogP contribution in [-0.2, 0) is 0 Å². The number of nitrogens with zero attached hydrogens (tertiary/aromatic N) is 3. The molecule has 96 valence electrons. The maximum absolute atomic E-state index is 5.94. The summed E-state index contributed by atoms with van der Waals surface area (Å²) >= 11 is 0. The van der Waals surface area contributed by atoms with E-state index in [0.717, 1.165) is 16.8 Å². The van der Waals surface area contributed by atoms with Gasteiger partial charge in [-0.25, -0.2) is 9.50 Å². The van der Waals surface area contributed by atoms with Crippen LogP contribution in [0.2, 0.25) is 0 Å². The Morgan fingerprint density at radius 2 is 2.11 bits per heavy atom. The topological polar surface area (TPSA) is 65.4 Å². The molecular formula is C14H14N4O. The van der Waals surface area contributed by atoms with Gasteiger partial charge < -0.3 is 10.5 Å². The van der Waals surface area contributed by atoms with E-state index in [0.29, 0.717) is 17.3 Å². The maximum atomic E-state index is 5.94. The SMILES string of the molecule is Cc1cc2c(Oc3c(C)cccc3N)nccn2n1. The molecule has 5 heteroatoms. The van der Waals surface area contributed by atoms with Crippen molar-refractivity contribution in [2.75, 3.05) is 5.73 Å². The van der Waals surface area contributed by atoms with E-state index in [9.17, 15) is 0 Å². The number of hydrogen-bond donors (Lipinski definition) is 1. The maximum Gasteiger partial charge on any atom is 0.245 e. The summed E-state index contributed by atoms with van der Waals surface area (Å²) in [5.41, 5.74) is 9.25. The minimum absolute atomic E-state index is 0.504. The van der Waals surface area contributed by atoms with Crippen molar-refractivity contribution in [1.29, 1.82) is 0 Å². The van der Waals surface area contributed by atoms with Gasteiger partial charge in [0, 0.05) is 12.4 Å². The fraction of sp³-hybridized carbons (Fsp3) is 0.143. The Balaban J connectivity index is 2.11. The summed E-state index contributed by atoms with van der Waals surface area (Å²) in [6.07, 6.45) is 3.44. The minimum atomic E-state index is 0.504. The number of ether oxygens (including phenoxy) is 1. The van der Waals surface area contributed by atoms with E-state index < -0.39 is 0 Å². The zero-order chi connectivity index (χ0) is 13.4. The van der Waals surface area contributed by atoms with Gasteiger partial charge >= 0.3 is 0 Å². The molecule has 0 aliphatic rings. The molecule has 0 bridgehead atoms. The first-order valence-electron chi connectivity index (χ1n) is 5.99. The number of aromatic nitrogens is 3. The van der Waals surface area contributed by atoms with Crippen molar-refractivity contribution in [3.63, 3.8) is 0 Å². The molecule has 0 spiro atoms. The van der Waals surface area contributed by atoms with Gasteiger partial charge in [0.25, 0.3) is 0 Å². The summed E-state index contributed by atoms with van der Waals surface area (Å²) in [7, 11) is 0. The van der Waals surface area contributed by atoms with E-state index in [1.54, 1.807) is 16.9 Å². The van der Waals surface area contributed by atoms with E-state index in [1.165, 1.54) is 0 Å². The van der Waals surface area contributed by atoms with Crippen LogP contribution >= 0.6 is 0 Å². The van der Waals surface area contributed by atoms with Crippen molar-refractivity contribution in [1.82, 2.24) is 14.6 Å². The Hall–Kier alpha value is -2.56. The molecule has 0 radical (unpaired) electrons. The number of aryl methyl sites for hydroxylation is 2. The van der Waals surface area contributed by atoms with Crippen molar-refractivity contribution in [3.8, 4) is 11.6 Å². The lowest BCUT2D eigenvalue weighted by Crippen LogP contribution is -1.98. The number of rotatable bonds is 2. The third kappa shape index (κ3) is 1.99. The quantitative estimate of drug-likeness (QED) is 0.714. The number of benzene rings is 1. The highest BCUT2D eigenvalue weighted by Crippen LogP contribution is 2.31. The molecule has 0 aliphatic heterocycles. The lowest BCUT2D eigenvalue weighted by atomic mass is 10.2. The molecule has 2 N–H and O–H groups in total. The van der Waals surface area contributed by atoms with Crippen LogP contribution in [0.25, 0.3) is 5.52 Å². The molecule has 0 amide bonds. The van der Waals surface area contributed by atoms with E-state index in [-0.39, 0.29) is 0 Å². The molecule has 19 heavy (non-hydrogen) atoms. The van der Waals surface area contributed by atoms with Gasteiger partial charge in [0.1, 0.15) is 5.52 Å². The van der Waals surface area contributed by atoms with Gasteiger partial charge in [-0.15, -0.1) is 0 Å². The van der Waals surface area contributed by atoms with E-state index in [2.05, 4.69) is 10.1 Å². The Labute approximate surface area is 110 Å². The Kier molecular flexibility index (Phi) is 2.59. The molecular weight excluding hydrogens is 240 g/mol. The van der Waals surface area contributed by atoms with Gasteiger partial charge in [0.2, 0.25) is 5.88 Å². The van der Waals surface area contributed by atoms with Crippen molar-refractivity contribution in [2.24, 2.45) is 0 Å². The predicted molar refractivity (Wildman–Crippen MR) is 73.4 cm³/mol. The summed E-state index contributed by atoms with van der Waals surface area (Å²) in [4.78, 5) is 4.26. The zero-order valence-electron chi connectivity index (χ0n) is 10.8. The van der Waals surface area contributed by atoms with E-state index >= 15 is 0 Å². The number of para-hydroxylation sites is 1. The van der Waals surface area contributed by atoms with Crippen LogP contribution in [0.15, 0.2) is 36.7 Å². The molecule has 0 saturated heterocycles. The third-order valence-corrected chi connectivity index (χ3v) is 2.92. The second kappa shape index (κ2) is 4.28. The third-order valence-electron chi connectivity index (χ3n) is 2.92. The van der Waals surface area contributed by atoms with Gasteiger partial charge in [-0.3, -0.25) is 0 Å². The minimum Gasteiger partial charge on any atom is -0.435 e. The van der Waals surface area contributed by atoms with Crippen LogP contribution in [-0.4, -0.2) is 14.6 Å². The van der Waals surface area contributed by atoms with Crippen molar-refractivity contribution < 1.29 is 4.74 Å². The largest absolute Gasteiger partial charge is 0.435 e. The number of nitrogen functional groups attached to an aromatic ring is 1. The van der Waals surface area contributed by atoms with Gasteiger partial charge in [-0.1, -0.05) is 12.1 Å². The molecule has 2 aromatic heterocycles. The second-order valence-corrected chi connectivity index (χ2v) is 4.44. The molecule has 0 fully saturated rings. The predicted octanol–water partition coefficient (Wildman–Crippen LogP) is 2.72. The molecule has 3 aromatic rings. The molecule has 0 unspecified atom stereocenters. The van der Waals surface area contributed by atoms with Crippen LogP contribution in [0.4, 0.5) is 5.69 Å². The van der Waals surface area contributed by atoms with E-state index in [4.69, 9.17) is 10.5 Å². The number of anilines is 1. The molecule has 3 rings (SSSR count). The smallest absolute Gasteiger partial charge is 0.245 e. The van der Waals surface area contributed by atoms with Crippen LogP contribution in [0.5, 0.6) is 11.6 Å². The lowest BCUT2D eigenvalue weighted by Gasteiger charge is -2.10. The highest BCUT2D eigenvalue weighted by molar-refractivity contribution is 5.62. The normalized spacial score (nSPS) is 10.8. The average molecular weight is 254 g/mol. The zero-order valence-corrected chi connectivity index (χ0v) is 10.8. The lowest BCUT2D eigenvalue weighted by molar-refractivity contribution is 0.464. The Morgan fingerprint density at radius 1 is 1.26 bits per heavy atom. The highest BCUT2D eigenvalue weighted by atomic mass is 16.5. The standard InChI is InChI=1S/C14H14N4O/c1-9-4-3-5-11(15)13(9)19-14-12-8-10(2)17-18(12)7-6-16-14/h3-8H,15H2,1-2H3. The summed E-state index contributed by atoms with van der Waals surface area (Å²) < 4.78 is 7.61. The molecule has 5 nitrogen and oxygen atoms in total. The number of hydrogen-bond acceptors (Lipinski definition) is 4. The molecule has 0 atom stereocenters. The first-order valence-corrected chi connectivity index (χ1v) is 5.99. The van der Waals surface area contributed by atoms with Crippen LogP contribution in [0, 0.1) is 13.8 Å². The molecule has 1 aromatic carbocycles. The number of nitrogens with two attached hydrogens (primary N) is 1. The molecule has 2 heterocycles. The average Bonchev–Trinajstić information content (AvgIpc) is 2.75. The first kappa shape index (κ1) is 11.5. The van der Waals surface area contributed by atoms with Crippen LogP contribution in [0.1, 0.15) is 11.3 Å². The van der Waals surface area contributed by atoms with Gasteiger partial charge in [0.15, 0.2) is 5.75 Å². The fourth-order valence-corrected chi connectivity index (χ4v) is 2.01. The fourth-order valence-electron chi connectivity index (χ4n) is 2.01. The van der Waals surface area contributed by atoms with Crippen LogP contribution < -0.4 is 10.5 Å². The Bertz CT molecular complexity index is 728. The summed E-state index contributed by atoms with van der Waals surface area (Å²) in [5.74, 6) is 1.14. The summed E-state index contributed by atoms with van der Waals surface area (Å²) in [5, 5.41) is 4.33. The first-order chi connectivity index (χ1) is 9.15. The van der Waals surface area contributed by atoms with Crippen molar-refractivity contribution >= 4 is 11.2 Å². The van der Waals surface area contributed by atoms with Gasteiger partial charge in [-0.2, -0.15) is 5.10 Å². The van der Waals surface area contributed by atoms with Gasteiger partial charge in [-0.05, 0) is 31.5 Å². The van der Waals surface area contributed by atoms with Gasteiger partial charge in [0.05, 0.1) is 11.4 Å². The van der Waals surface area contributed by atoms with Crippen molar-refractivity contribution in [3.05, 3.63) is 47.9 Å². The van der Waals surface area contributed by atoms with Crippen LogP contribution in [0.3, 0.4) is 0 Å². The monoisotopic (exact) mass is 254 g/mol. The summed E-state index contributed by atoms with van der Waals surface area (Å²) in [6, 6.07) is 7.59. The van der Waals surface area contributed by atoms with Crippen molar-refractivity contribution in [2.45, 2.75) is 13.8 Å².